The first-order chi connectivity index (χ1) is 14.2. The van der Waals surface area contributed by atoms with Gasteiger partial charge in [-0.1, -0.05) is 35.5 Å². The number of amides is 1. The molecule has 0 radical (unpaired) electrons. The lowest BCUT2D eigenvalue weighted by molar-refractivity contribution is -0.132. The first kappa shape index (κ1) is 19.1. The molecule has 29 heavy (non-hydrogen) atoms. The van der Waals surface area contributed by atoms with Crippen LogP contribution in [0.3, 0.4) is 0 Å². The zero-order chi connectivity index (χ0) is 20.1. The Bertz CT molecular complexity index is 939. The fourth-order valence-electron chi connectivity index (χ4n) is 3.51. The van der Waals surface area contributed by atoms with Gasteiger partial charge in [-0.05, 0) is 37.0 Å². The molecule has 1 aliphatic rings. The van der Waals surface area contributed by atoms with E-state index in [1.54, 1.807) is 11.1 Å². The van der Waals surface area contributed by atoms with E-state index in [4.69, 9.17) is 4.52 Å². The molecule has 1 aromatic carbocycles. The Balaban J connectivity index is 1.30. The van der Waals surface area contributed by atoms with E-state index in [9.17, 15) is 4.79 Å². The second-order valence-corrected chi connectivity index (χ2v) is 7.44. The Kier molecular flexibility index (Phi) is 5.84. The third-order valence-electron chi connectivity index (χ3n) is 5.17. The van der Waals surface area contributed by atoms with Gasteiger partial charge in [-0.15, -0.1) is 0 Å². The summed E-state index contributed by atoms with van der Waals surface area (Å²) in [6, 6.07) is 14.4. The van der Waals surface area contributed by atoms with Crippen LogP contribution in [0, 0.1) is 0 Å². The number of pyridine rings is 1. The molecule has 1 aliphatic heterocycles. The lowest BCUT2D eigenvalue weighted by Gasteiger charge is -2.30. The minimum Gasteiger partial charge on any atom is -0.366 e. The molecule has 0 bridgehead atoms. The van der Waals surface area contributed by atoms with Gasteiger partial charge in [-0.2, -0.15) is 4.98 Å². The second kappa shape index (κ2) is 8.86. The molecule has 3 aromatic rings. The Morgan fingerprint density at radius 3 is 2.79 bits per heavy atom. The van der Waals surface area contributed by atoms with Crippen molar-refractivity contribution in [1.82, 2.24) is 20.0 Å². The first-order valence-corrected chi connectivity index (χ1v) is 10.0. The van der Waals surface area contributed by atoms with Crippen molar-refractivity contribution in [1.29, 1.82) is 0 Å². The molecule has 3 heterocycles. The Labute approximate surface area is 170 Å². The highest BCUT2D eigenvalue weighted by Gasteiger charge is 2.22. The van der Waals surface area contributed by atoms with Crippen molar-refractivity contribution in [2.75, 3.05) is 18.9 Å². The van der Waals surface area contributed by atoms with Crippen LogP contribution in [0.25, 0.3) is 11.5 Å². The third-order valence-corrected chi connectivity index (χ3v) is 5.17. The van der Waals surface area contributed by atoms with Crippen LogP contribution >= 0.6 is 0 Å². The van der Waals surface area contributed by atoms with Gasteiger partial charge in [0, 0.05) is 38.7 Å². The minimum absolute atomic E-state index is 0.197. The van der Waals surface area contributed by atoms with Crippen molar-refractivity contribution in [2.24, 2.45) is 0 Å². The van der Waals surface area contributed by atoms with Crippen LogP contribution in [0.5, 0.6) is 0 Å². The molecule has 1 saturated heterocycles. The minimum atomic E-state index is 0.197. The number of anilines is 1. The molecule has 1 N–H and O–H groups in total. The molecule has 2 aromatic heterocycles. The van der Waals surface area contributed by atoms with Crippen LogP contribution in [-0.2, 0) is 17.6 Å². The van der Waals surface area contributed by atoms with Crippen LogP contribution in [0.2, 0.25) is 0 Å². The SMILES string of the molecule is CN1CC(Nc2ccc(-c3nc(CCCc4ccccc4)no3)cn2)CCC1=O. The molecule has 1 atom stereocenters. The van der Waals surface area contributed by atoms with E-state index in [0.717, 1.165) is 37.1 Å². The quantitative estimate of drug-likeness (QED) is 0.665. The first-order valence-electron chi connectivity index (χ1n) is 10.0. The highest BCUT2D eigenvalue weighted by molar-refractivity contribution is 5.77. The summed E-state index contributed by atoms with van der Waals surface area (Å²) in [5.74, 6) is 2.18. The van der Waals surface area contributed by atoms with Gasteiger partial charge in [-0.3, -0.25) is 4.79 Å². The number of nitrogens with zero attached hydrogens (tertiary/aromatic N) is 4. The smallest absolute Gasteiger partial charge is 0.259 e. The topological polar surface area (TPSA) is 84.2 Å². The van der Waals surface area contributed by atoms with Crippen LogP contribution in [0.4, 0.5) is 5.82 Å². The van der Waals surface area contributed by atoms with Crippen molar-refractivity contribution in [3.8, 4) is 11.5 Å². The number of hydrogen-bond acceptors (Lipinski definition) is 6. The van der Waals surface area contributed by atoms with Crippen LogP contribution in [0.15, 0.2) is 53.2 Å². The molecule has 4 rings (SSSR count). The third kappa shape index (κ3) is 4.99. The lowest BCUT2D eigenvalue weighted by Crippen LogP contribution is -2.43. The van der Waals surface area contributed by atoms with Crippen molar-refractivity contribution < 1.29 is 9.32 Å². The molecule has 7 nitrogen and oxygen atoms in total. The Morgan fingerprint density at radius 2 is 2.03 bits per heavy atom. The van der Waals surface area contributed by atoms with E-state index in [1.165, 1.54) is 5.56 Å². The molecule has 1 amide bonds. The standard InChI is InChI=1S/C22H25N5O2/c1-27-15-18(11-13-21(27)28)24-19-12-10-17(14-23-19)22-25-20(26-29-22)9-5-8-16-6-3-2-4-7-16/h2-4,6-7,10,12,14,18H,5,8-9,11,13,15H2,1H3,(H,23,24). The second-order valence-electron chi connectivity index (χ2n) is 7.44. The molecule has 1 fully saturated rings. The number of aryl methyl sites for hydroxylation is 2. The number of piperidine rings is 1. The Morgan fingerprint density at radius 1 is 1.17 bits per heavy atom. The Hall–Kier alpha value is -3.22. The average Bonchev–Trinajstić information content (AvgIpc) is 3.21. The molecule has 7 heteroatoms. The van der Waals surface area contributed by atoms with Gasteiger partial charge in [0.05, 0.1) is 5.56 Å². The monoisotopic (exact) mass is 391 g/mol. The number of hydrogen-bond donors (Lipinski definition) is 1. The fourth-order valence-corrected chi connectivity index (χ4v) is 3.51. The molecular weight excluding hydrogens is 366 g/mol. The largest absolute Gasteiger partial charge is 0.366 e. The van der Waals surface area contributed by atoms with Gasteiger partial charge in [0.2, 0.25) is 5.91 Å². The summed E-state index contributed by atoms with van der Waals surface area (Å²) in [5.41, 5.74) is 2.12. The van der Waals surface area contributed by atoms with Crippen LogP contribution < -0.4 is 5.32 Å². The maximum Gasteiger partial charge on any atom is 0.259 e. The molecule has 0 spiro atoms. The fraction of sp³-hybridized carbons (Fsp3) is 0.364. The number of likely N-dealkylation sites (tertiary alicyclic amines) is 1. The van der Waals surface area contributed by atoms with Gasteiger partial charge in [0.1, 0.15) is 5.82 Å². The van der Waals surface area contributed by atoms with Gasteiger partial charge >= 0.3 is 0 Å². The summed E-state index contributed by atoms with van der Waals surface area (Å²) in [5, 5.41) is 7.48. The lowest BCUT2D eigenvalue weighted by atomic mass is 10.1. The predicted molar refractivity (Wildman–Crippen MR) is 110 cm³/mol. The average molecular weight is 391 g/mol. The summed E-state index contributed by atoms with van der Waals surface area (Å²) < 4.78 is 5.40. The molecule has 150 valence electrons. The molecule has 0 saturated carbocycles. The van der Waals surface area contributed by atoms with E-state index in [-0.39, 0.29) is 11.9 Å². The zero-order valence-corrected chi connectivity index (χ0v) is 16.5. The summed E-state index contributed by atoms with van der Waals surface area (Å²) >= 11 is 0. The molecular formula is C22H25N5O2. The number of rotatable bonds is 7. The number of carbonyl (C=O) groups is 1. The van der Waals surface area contributed by atoms with Crippen LogP contribution in [0.1, 0.15) is 30.7 Å². The molecule has 1 unspecified atom stereocenters. The number of nitrogens with one attached hydrogen (secondary N) is 1. The van der Waals surface area contributed by atoms with E-state index in [2.05, 4.69) is 44.7 Å². The summed E-state index contributed by atoms with van der Waals surface area (Å²) in [4.78, 5) is 22.3. The predicted octanol–water partition coefficient (Wildman–Crippen LogP) is 3.34. The van der Waals surface area contributed by atoms with Crippen molar-refractivity contribution in [3.05, 3.63) is 60.0 Å². The number of aromatic nitrogens is 3. The summed E-state index contributed by atoms with van der Waals surface area (Å²) in [7, 11) is 1.83. The van der Waals surface area contributed by atoms with E-state index < -0.39 is 0 Å². The van der Waals surface area contributed by atoms with E-state index in [1.807, 2.05) is 25.2 Å². The number of carbonyl (C=O) groups excluding carboxylic acids is 1. The summed E-state index contributed by atoms with van der Waals surface area (Å²) in [6.07, 6.45) is 5.88. The van der Waals surface area contributed by atoms with Gasteiger partial charge in [0.25, 0.3) is 5.89 Å². The maximum absolute atomic E-state index is 11.6. The zero-order valence-electron chi connectivity index (χ0n) is 16.5. The van der Waals surface area contributed by atoms with Gasteiger partial charge < -0.3 is 14.7 Å². The van der Waals surface area contributed by atoms with Crippen molar-refractivity contribution in [3.63, 3.8) is 0 Å². The number of benzene rings is 1. The van der Waals surface area contributed by atoms with Crippen molar-refractivity contribution >= 4 is 11.7 Å². The summed E-state index contributed by atoms with van der Waals surface area (Å²) in [6.45, 7) is 0.693. The normalized spacial score (nSPS) is 16.8. The highest BCUT2D eigenvalue weighted by Crippen LogP contribution is 2.20. The van der Waals surface area contributed by atoms with E-state index in [0.29, 0.717) is 24.7 Å². The highest BCUT2D eigenvalue weighted by atomic mass is 16.5. The molecule has 0 aliphatic carbocycles. The number of likely N-dealkylation sites (N-methyl/N-ethyl adjacent to an activating group) is 1. The van der Waals surface area contributed by atoms with Gasteiger partial charge in [0.15, 0.2) is 5.82 Å². The van der Waals surface area contributed by atoms with Crippen molar-refractivity contribution in [2.45, 2.75) is 38.1 Å². The van der Waals surface area contributed by atoms with Gasteiger partial charge in [-0.25, -0.2) is 4.98 Å². The van der Waals surface area contributed by atoms with Crippen LogP contribution in [-0.4, -0.2) is 45.6 Å². The van der Waals surface area contributed by atoms with E-state index >= 15 is 0 Å². The maximum atomic E-state index is 11.6.